The van der Waals surface area contributed by atoms with Crippen LogP contribution < -0.4 is 0 Å². The lowest BCUT2D eigenvalue weighted by atomic mass is 9.98. The molecule has 2 heteroatoms. The first-order valence-corrected chi connectivity index (χ1v) is 5.99. The summed E-state index contributed by atoms with van der Waals surface area (Å²) in [4.78, 5) is 12.2. The summed E-state index contributed by atoms with van der Waals surface area (Å²) >= 11 is 0. The van der Waals surface area contributed by atoms with Gasteiger partial charge in [-0.1, -0.05) is 12.5 Å². The second-order valence-electron chi connectivity index (χ2n) is 5.11. The molecule has 2 fully saturated rings. The van der Waals surface area contributed by atoms with E-state index in [1.54, 1.807) is 6.07 Å². The van der Waals surface area contributed by atoms with Gasteiger partial charge in [-0.05, 0) is 49.3 Å². The van der Waals surface area contributed by atoms with Gasteiger partial charge in [0.25, 0.3) is 0 Å². The minimum Gasteiger partial charge on any atom is -0.294 e. The van der Waals surface area contributed by atoms with Crippen LogP contribution in [0.4, 0.5) is 4.39 Å². The molecule has 2 saturated carbocycles. The van der Waals surface area contributed by atoms with Crippen molar-refractivity contribution >= 4 is 5.78 Å². The number of rotatable bonds is 2. The highest BCUT2D eigenvalue weighted by atomic mass is 19.1. The molecule has 0 aliphatic heterocycles. The van der Waals surface area contributed by atoms with Crippen LogP contribution in [-0.4, -0.2) is 5.78 Å². The molecular formula is C14H15FO. The summed E-state index contributed by atoms with van der Waals surface area (Å²) in [7, 11) is 0. The van der Waals surface area contributed by atoms with Crippen LogP contribution in [0.3, 0.4) is 0 Å². The van der Waals surface area contributed by atoms with Crippen molar-refractivity contribution in [1.29, 1.82) is 0 Å². The van der Waals surface area contributed by atoms with Crippen LogP contribution in [0, 0.1) is 30.5 Å². The first-order valence-electron chi connectivity index (χ1n) is 5.99. The standard InChI is InChI=1S/C14H15FO/c1-8-5-6-9(15)7-12(8)14(16)13-10-3-2-4-11(10)13/h5-7,10-11,13H,2-4H2,1H3. The van der Waals surface area contributed by atoms with Crippen LogP contribution in [-0.2, 0) is 0 Å². The number of halogens is 1. The van der Waals surface area contributed by atoms with Crippen molar-refractivity contribution in [2.45, 2.75) is 26.2 Å². The average molecular weight is 218 g/mol. The van der Waals surface area contributed by atoms with E-state index in [4.69, 9.17) is 0 Å². The molecule has 1 aromatic rings. The SMILES string of the molecule is Cc1ccc(F)cc1C(=O)C1C2CCCC21. The minimum atomic E-state index is -0.306. The van der Waals surface area contributed by atoms with Gasteiger partial charge < -0.3 is 0 Å². The van der Waals surface area contributed by atoms with E-state index in [0.29, 0.717) is 17.4 Å². The highest BCUT2D eigenvalue weighted by Gasteiger charge is 2.56. The largest absolute Gasteiger partial charge is 0.294 e. The maximum atomic E-state index is 13.1. The van der Waals surface area contributed by atoms with Crippen LogP contribution in [0.5, 0.6) is 0 Å². The van der Waals surface area contributed by atoms with E-state index >= 15 is 0 Å². The Bertz CT molecular complexity index is 442. The van der Waals surface area contributed by atoms with Crippen LogP contribution in [0.15, 0.2) is 18.2 Å². The first kappa shape index (κ1) is 10.0. The monoisotopic (exact) mass is 218 g/mol. The normalized spacial score (nSPS) is 31.2. The molecule has 2 aliphatic carbocycles. The molecule has 0 N–H and O–H groups in total. The Balaban J connectivity index is 1.87. The third-order valence-electron chi connectivity index (χ3n) is 4.17. The van der Waals surface area contributed by atoms with Gasteiger partial charge in [-0.15, -0.1) is 0 Å². The maximum Gasteiger partial charge on any atom is 0.166 e. The maximum absolute atomic E-state index is 13.1. The summed E-state index contributed by atoms with van der Waals surface area (Å²) in [5, 5.41) is 0. The van der Waals surface area contributed by atoms with Crippen LogP contribution in [0.25, 0.3) is 0 Å². The summed E-state index contributed by atoms with van der Waals surface area (Å²) in [6.07, 6.45) is 3.64. The van der Waals surface area contributed by atoms with Crippen molar-refractivity contribution in [2.24, 2.45) is 17.8 Å². The smallest absolute Gasteiger partial charge is 0.166 e. The van der Waals surface area contributed by atoms with Crippen molar-refractivity contribution in [1.82, 2.24) is 0 Å². The lowest BCUT2D eigenvalue weighted by Gasteiger charge is -2.06. The van der Waals surface area contributed by atoms with E-state index in [-0.39, 0.29) is 17.5 Å². The molecule has 0 saturated heterocycles. The summed E-state index contributed by atoms with van der Waals surface area (Å²) in [5.74, 6) is 1.28. The topological polar surface area (TPSA) is 17.1 Å². The fraction of sp³-hybridized carbons (Fsp3) is 0.500. The van der Waals surface area contributed by atoms with Crippen molar-refractivity contribution in [3.8, 4) is 0 Å². The zero-order chi connectivity index (χ0) is 11.3. The van der Waals surface area contributed by atoms with Gasteiger partial charge in [-0.2, -0.15) is 0 Å². The average Bonchev–Trinajstić information content (AvgIpc) is 2.74. The van der Waals surface area contributed by atoms with Gasteiger partial charge in [-0.25, -0.2) is 4.39 Å². The minimum absolute atomic E-state index is 0.173. The molecule has 0 spiro atoms. The van der Waals surface area contributed by atoms with E-state index in [2.05, 4.69) is 0 Å². The third kappa shape index (κ3) is 1.40. The van der Waals surface area contributed by atoms with Gasteiger partial charge in [-0.3, -0.25) is 4.79 Å². The Morgan fingerprint density at radius 2 is 2.00 bits per heavy atom. The second-order valence-corrected chi connectivity index (χ2v) is 5.11. The van der Waals surface area contributed by atoms with Crippen molar-refractivity contribution < 1.29 is 9.18 Å². The summed E-state index contributed by atoms with van der Waals surface area (Å²) in [5.41, 5.74) is 1.50. The second kappa shape index (κ2) is 3.41. The Kier molecular flexibility index (Phi) is 2.13. The van der Waals surface area contributed by atoms with Gasteiger partial charge in [0.15, 0.2) is 5.78 Å². The molecule has 0 amide bonds. The summed E-state index contributed by atoms with van der Waals surface area (Å²) in [6.45, 7) is 1.88. The lowest BCUT2D eigenvalue weighted by molar-refractivity contribution is 0.0950. The Hall–Kier alpha value is -1.18. The first-order chi connectivity index (χ1) is 7.68. The molecular weight excluding hydrogens is 203 g/mol. The molecule has 0 radical (unpaired) electrons. The molecule has 16 heavy (non-hydrogen) atoms. The number of ketones is 1. The van der Waals surface area contributed by atoms with Crippen LogP contribution >= 0.6 is 0 Å². The summed E-state index contributed by atoms with van der Waals surface area (Å²) in [6, 6.07) is 4.51. The zero-order valence-electron chi connectivity index (χ0n) is 9.37. The van der Waals surface area contributed by atoms with E-state index in [9.17, 15) is 9.18 Å². The fourth-order valence-electron chi connectivity index (χ4n) is 3.25. The number of benzene rings is 1. The highest BCUT2D eigenvalue weighted by molar-refractivity contribution is 6.01. The molecule has 0 aromatic heterocycles. The van der Waals surface area contributed by atoms with E-state index in [0.717, 1.165) is 5.56 Å². The molecule has 1 aromatic carbocycles. The van der Waals surface area contributed by atoms with Gasteiger partial charge in [0.1, 0.15) is 5.82 Å². The molecule has 2 aliphatic rings. The molecule has 0 heterocycles. The molecule has 0 bridgehead atoms. The van der Waals surface area contributed by atoms with Crippen LogP contribution in [0.1, 0.15) is 35.2 Å². The molecule has 2 atom stereocenters. The number of carbonyl (C=O) groups is 1. The number of hydrogen-bond acceptors (Lipinski definition) is 1. The van der Waals surface area contributed by atoms with Gasteiger partial charge in [0.2, 0.25) is 0 Å². The van der Waals surface area contributed by atoms with Crippen molar-refractivity contribution in [3.05, 3.63) is 35.1 Å². The Morgan fingerprint density at radius 1 is 1.31 bits per heavy atom. The number of hydrogen-bond donors (Lipinski definition) is 0. The third-order valence-corrected chi connectivity index (χ3v) is 4.17. The predicted molar refractivity (Wildman–Crippen MR) is 59.8 cm³/mol. The number of fused-ring (bicyclic) bond motifs is 1. The van der Waals surface area contributed by atoms with Crippen molar-refractivity contribution in [2.75, 3.05) is 0 Å². The Labute approximate surface area is 94.7 Å². The van der Waals surface area contributed by atoms with Crippen LogP contribution in [0.2, 0.25) is 0 Å². The summed E-state index contributed by atoms with van der Waals surface area (Å²) < 4.78 is 13.1. The quantitative estimate of drug-likeness (QED) is 0.695. The molecule has 2 unspecified atom stereocenters. The van der Waals surface area contributed by atoms with E-state index < -0.39 is 0 Å². The molecule has 3 rings (SSSR count). The zero-order valence-corrected chi connectivity index (χ0v) is 9.37. The van der Waals surface area contributed by atoms with E-state index in [1.165, 1.54) is 31.4 Å². The highest BCUT2D eigenvalue weighted by Crippen LogP contribution is 2.58. The van der Waals surface area contributed by atoms with Gasteiger partial charge >= 0.3 is 0 Å². The molecule has 84 valence electrons. The number of aryl methyl sites for hydroxylation is 1. The predicted octanol–water partition coefficient (Wildman–Crippen LogP) is 3.36. The van der Waals surface area contributed by atoms with Gasteiger partial charge in [0, 0.05) is 11.5 Å². The number of carbonyl (C=O) groups excluding carboxylic acids is 1. The Morgan fingerprint density at radius 3 is 2.69 bits per heavy atom. The molecule has 1 nitrogen and oxygen atoms in total. The fourth-order valence-corrected chi connectivity index (χ4v) is 3.25. The lowest BCUT2D eigenvalue weighted by Crippen LogP contribution is -2.08. The van der Waals surface area contributed by atoms with Gasteiger partial charge in [0.05, 0.1) is 0 Å². The van der Waals surface area contributed by atoms with Crippen molar-refractivity contribution in [3.63, 3.8) is 0 Å². The van der Waals surface area contributed by atoms with E-state index in [1.807, 2.05) is 6.92 Å². The number of Topliss-reactive ketones (excluding diaryl/α,β-unsaturated/α-hetero) is 1.